The third kappa shape index (κ3) is 4.18. The number of nitrogens with zero attached hydrogens (tertiary/aromatic N) is 1. The third-order valence-corrected chi connectivity index (χ3v) is 3.70. The number of carbonyl (C=O) groups excluding carboxylic acids is 2. The number of aromatic nitrogens is 1. The summed E-state index contributed by atoms with van der Waals surface area (Å²) in [5, 5.41) is 2.61. The van der Waals surface area contributed by atoms with Crippen LogP contribution in [0, 0.1) is 5.92 Å². The number of piperidine rings is 1. The van der Waals surface area contributed by atoms with Gasteiger partial charge < -0.3 is 15.2 Å². The number of amides is 2. The molecule has 2 heterocycles. The molecule has 2 amide bonds. The van der Waals surface area contributed by atoms with Crippen molar-refractivity contribution in [1.82, 2.24) is 15.2 Å². The third-order valence-electron chi connectivity index (χ3n) is 3.70. The zero-order chi connectivity index (χ0) is 15.2. The molecule has 21 heavy (non-hydrogen) atoms. The van der Waals surface area contributed by atoms with E-state index >= 15 is 0 Å². The Kier molecular flexibility index (Phi) is 5.14. The molecule has 0 saturated carbocycles. The van der Waals surface area contributed by atoms with E-state index in [0.29, 0.717) is 5.92 Å². The van der Waals surface area contributed by atoms with Crippen molar-refractivity contribution >= 4 is 11.8 Å². The average molecular weight is 291 g/mol. The quantitative estimate of drug-likeness (QED) is 0.859. The highest BCUT2D eigenvalue weighted by Gasteiger charge is 2.20. The van der Waals surface area contributed by atoms with E-state index in [9.17, 15) is 14.4 Å². The molecular formula is C15H21N3O3. The van der Waals surface area contributed by atoms with Crippen LogP contribution in [0.25, 0.3) is 0 Å². The average Bonchev–Trinajstić information content (AvgIpc) is 2.47. The molecular weight excluding hydrogens is 270 g/mol. The van der Waals surface area contributed by atoms with Gasteiger partial charge in [0.1, 0.15) is 5.56 Å². The Labute approximate surface area is 123 Å². The van der Waals surface area contributed by atoms with Crippen LogP contribution < -0.4 is 10.9 Å². The molecule has 0 spiro atoms. The van der Waals surface area contributed by atoms with Crippen molar-refractivity contribution in [2.45, 2.75) is 26.2 Å². The summed E-state index contributed by atoms with van der Waals surface area (Å²) in [4.78, 5) is 39.6. The molecule has 114 valence electrons. The van der Waals surface area contributed by atoms with Gasteiger partial charge in [0.2, 0.25) is 5.91 Å². The molecule has 0 aliphatic carbocycles. The van der Waals surface area contributed by atoms with Crippen LogP contribution in [0.15, 0.2) is 23.1 Å². The van der Waals surface area contributed by atoms with Crippen molar-refractivity contribution in [3.8, 4) is 0 Å². The van der Waals surface area contributed by atoms with Crippen LogP contribution in [0.4, 0.5) is 0 Å². The van der Waals surface area contributed by atoms with Crippen molar-refractivity contribution in [2.75, 3.05) is 19.6 Å². The highest BCUT2D eigenvalue weighted by Crippen LogP contribution is 2.15. The van der Waals surface area contributed by atoms with E-state index in [-0.39, 0.29) is 24.4 Å². The number of nitrogens with one attached hydrogen (secondary N) is 2. The molecule has 1 saturated heterocycles. The van der Waals surface area contributed by atoms with Crippen LogP contribution in [-0.2, 0) is 4.79 Å². The van der Waals surface area contributed by atoms with E-state index in [1.165, 1.54) is 12.3 Å². The van der Waals surface area contributed by atoms with Crippen LogP contribution in [0.5, 0.6) is 0 Å². The lowest BCUT2D eigenvalue weighted by molar-refractivity contribution is -0.132. The first kappa shape index (κ1) is 15.3. The zero-order valence-electron chi connectivity index (χ0n) is 12.2. The summed E-state index contributed by atoms with van der Waals surface area (Å²) in [6.07, 6.45) is 3.94. The van der Waals surface area contributed by atoms with Crippen LogP contribution >= 0.6 is 0 Å². The molecule has 6 nitrogen and oxygen atoms in total. The number of rotatable bonds is 4. The topological polar surface area (TPSA) is 82.3 Å². The first-order valence-corrected chi connectivity index (χ1v) is 7.31. The van der Waals surface area contributed by atoms with Gasteiger partial charge in [-0.25, -0.2) is 0 Å². The number of H-pyrrole nitrogens is 1. The Morgan fingerprint density at radius 2 is 2.29 bits per heavy atom. The summed E-state index contributed by atoms with van der Waals surface area (Å²) < 4.78 is 0. The Hall–Kier alpha value is -2.11. The van der Waals surface area contributed by atoms with E-state index in [0.717, 1.165) is 25.9 Å². The molecule has 0 bridgehead atoms. The van der Waals surface area contributed by atoms with Gasteiger partial charge in [0.05, 0.1) is 0 Å². The Morgan fingerprint density at radius 3 is 3.00 bits per heavy atom. The molecule has 6 heteroatoms. The van der Waals surface area contributed by atoms with Crippen molar-refractivity contribution in [3.05, 3.63) is 34.2 Å². The highest BCUT2D eigenvalue weighted by atomic mass is 16.2. The van der Waals surface area contributed by atoms with E-state index in [1.807, 2.05) is 4.90 Å². The Bertz CT molecular complexity index is 567. The maximum atomic E-state index is 12.0. The number of carbonyl (C=O) groups is 2. The van der Waals surface area contributed by atoms with Gasteiger partial charge in [0, 0.05) is 32.3 Å². The maximum absolute atomic E-state index is 12.0. The summed E-state index contributed by atoms with van der Waals surface area (Å²) in [6.45, 7) is 3.99. The smallest absolute Gasteiger partial charge is 0.260 e. The summed E-state index contributed by atoms with van der Waals surface area (Å²) >= 11 is 0. The Balaban J connectivity index is 1.79. The normalized spacial score (nSPS) is 18.3. The summed E-state index contributed by atoms with van der Waals surface area (Å²) in [7, 11) is 0. The van der Waals surface area contributed by atoms with Crippen molar-refractivity contribution in [1.29, 1.82) is 0 Å². The van der Waals surface area contributed by atoms with E-state index in [2.05, 4.69) is 17.2 Å². The van der Waals surface area contributed by atoms with Crippen molar-refractivity contribution in [3.63, 3.8) is 0 Å². The predicted octanol–water partition coefficient (Wildman–Crippen LogP) is 0.753. The number of hydrogen-bond acceptors (Lipinski definition) is 3. The minimum absolute atomic E-state index is 0.0591. The van der Waals surface area contributed by atoms with Crippen LogP contribution in [-0.4, -0.2) is 41.3 Å². The lowest BCUT2D eigenvalue weighted by Crippen LogP contribution is -2.40. The molecule has 1 aromatic heterocycles. The second-order valence-corrected chi connectivity index (χ2v) is 5.51. The summed E-state index contributed by atoms with van der Waals surface area (Å²) in [5.74, 6) is 0.153. The zero-order valence-corrected chi connectivity index (χ0v) is 12.2. The first-order valence-electron chi connectivity index (χ1n) is 7.31. The van der Waals surface area contributed by atoms with Crippen LogP contribution in [0.3, 0.4) is 0 Å². The Morgan fingerprint density at radius 1 is 1.48 bits per heavy atom. The van der Waals surface area contributed by atoms with Gasteiger partial charge in [-0.15, -0.1) is 0 Å². The van der Waals surface area contributed by atoms with Gasteiger partial charge in [-0.05, 0) is 30.9 Å². The van der Waals surface area contributed by atoms with Crippen molar-refractivity contribution < 1.29 is 9.59 Å². The lowest BCUT2D eigenvalue weighted by atomic mass is 10.00. The molecule has 2 rings (SSSR count). The fourth-order valence-electron chi connectivity index (χ4n) is 2.55. The molecule has 2 N–H and O–H groups in total. The highest BCUT2D eigenvalue weighted by molar-refractivity contribution is 5.93. The summed E-state index contributed by atoms with van der Waals surface area (Å²) in [5.41, 5.74) is -0.359. The minimum atomic E-state index is -0.448. The van der Waals surface area contributed by atoms with Crippen LogP contribution in [0.2, 0.25) is 0 Å². The lowest BCUT2D eigenvalue weighted by Gasteiger charge is -2.31. The predicted molar refractivity (Wildman–Crippen MR) is 79.0 cm³/mol. The standard InChI is InChI=1S/C15H21N3O3/c1-11-4-3-9-18(10-11)13(19)6-8-17-15(21)12-5-2-7-16-14(12)20/h2,5,7,11H,3-4,6,8-10H2,1H3,(H,16,20)(H,17,21)/t11-/m0/s1. The summed E-state index contributed by atoms with van der Waals surface area (Å²) in [6, 6.07) is 3.05. The molecule has 0 unspecified atom stereocenters. The van der Waals surface area contributed by atoms with Gasteiger partial charge in [-0.1, -0.05) is 6.92 Å². The number of likely N-dealkylation sites (tertiary alicyclic amines) is 1. The second-order valence-electron chi connectivity index (χ2n) is 5.51. The maximum Gasteiger partial charge on any atom is 0.260 e. The molecule has 1 aliphatic heterocycles. The molecule has 1 aliphatic rings. The van der Waals surface area contributed by atoms with Crippen molar-refractivity contribution in [2.24, 2.45) is 5.92 Å². The van der Waals surface area contributed by atoms with E-state index < -0.39 is 11.5 Å². The fourth-order valence-corrected chi connectivity index (χ4v) is 2.55. The monoisotopic (exact) mass is 291 g/mol. The van der Waals surface area contributed by atoms with Gasteiger partial charge in [-0.3, -0.25) is 14.4 Å². The van der Waals surface area contributed by atoms with E-state index in [1.54, 1.807) is 6.07 Å². The first-order chi connectivity index (χ1) is 10.1. The second kappa shape index (κ2) is 7.06. The molecule has 0 radical (unpaired) electrons. The van der Waals surface area contributed by atoms with Gasteiger partial charge in [0.15, 0.2) is 0 Å². The SMILES string of the molecule is C[C@H]1CCCN(C(=O)CCNC(=O)c2ccc[nH]c2=O)C1. The molecule has 1 atom stereocenters. The fraction of sp³-hybridized carbons (Fsp3) is 0.533. The minimum Gasteiger partial charge on any atom is -0.351 e. The number of pyridine rings is 1. The number of aromatic amines is 1. The molecule has 1 aromatic rings. The molecule has 0 aromatic carbocycles. The van der Waals surface area contributed by atoms with Gasteiger partial charge in [-0.2, -0.15) is 0 Å². The van der Waals surface area contributed by atoms with Gasteiger partial charge in [0.25, 0.3) is 11.5 Å². The van der Waals surface area contributed by atoms with E-state index in [4.69, 9.17) is 0 Å². The number of hydrogen-bond donors (Lipinski definition) is 2. The van der Waals surface area contributed by atoms with Crippen LogP contribution in [0.1, 0.15) is 36.5 Å². The molecule has 1 fully saturated rings. The van der Waals surface area contributed by atoms with Gasteiger partial charge >= 0.3 is 0 Å². The largest absolute Gasteiger partial charge is 0.351 e.